The lowest BCUT2D eigenvalue weighted by molar-refractivity contribution is -0.899. The maximum absolute atomic E-state index is 12.3. The molecule has 5 heteroatoms. The van der Waals surface area contributed by atoms with Gasteiger partial charge in [0.25, 0.3) is 5.91 Å². The number of benzene rings is 1. The van der Waals surface area contributed by atoms with Crippen molar-refractivity contribution in [3.63, 3.8) is 0 Å². The van der Waals surface area contributed by atoms with Gasteiger partial charge in [-0.05, 0) is 50.8 Å². The molecule has 5 nitrogen and oxygen atoms in total. The van der Waals surface area contributed by atoms with E-state index in [0.717, 1.165) is 41.1 Å². The Kier molecular flexibility index (Phi) is 6.16. The van der Waals surface area contributed by atoms with Crippen LogP contribution in [0.1, 0.15) is 30.9 Å². The summed E-state index contributed by atoms with van der Waals surface area (Å²) in [4.78, 5) is 25.3. The number of hydrogen-bond acceptors (Lipinski definition) is 3. The van der Waals surface area contributed by atoms with Crippen LogP contribution in [0.5, 0.6) is 0 Å². The molecule has 1 aromatic carbocycles. The number of esters is 1. The van der Waals surface area contributed by atoms with Gasteiger partial charge in [-0.25, -0.2) is 0 Å². The predicted molar refractivity (Wildman–Crippen MR) is 89.5 cm³/mol. The first-order chi connectivity index (χ1) is 11.0. The molecule has 126 valence electrons. The van der Waals surface area contributed by atoms with Gasteiger partial charge in [0.1, 0.15) is 5.92 Å². The quantitative estimate of drug-likeness (QED) is 0.799. The van der Waals surface area contributed by atoms with Crippen LogP contribution >= 0.6 is 0 Å². The second-order valence-electron chi connectivity index (χ2n) is 6.27. The van der Waals surface area contributed by atoms with E-state index < -0.39 is 0 Å². The minimum absolute atomic E-state index is 0.00166. The highest BCUT2D eigenvalue weighted by atomic mass is 16.5. The van der Waals surface area contributed by atoms with E-state index in [1.165, 1.54) is 0 Å². The van der Waals surface area contributed by atoms with Gasteiger partial charge in [-0.3, -0.25) is 9.59 Å². The largest absolute Gasteiger partial charge is 0.466 e. The number of amides is 1. The Hall–Kier alpha value is -1.88. The summed E-state index contributed by atoms with van der Waals surface area (Å²) in [6.45, 7) is 8.28. The van der Waals surface area contributed by atoms with E-state index in [0.29, 0.717) is 19.7 Å². The van der Waals surface area contributed by atoms with Crippen LogP contribution in [-0.4, -0.2) is 38.1 Å². The second kappa shape index (κ2) is 8.11. The van der Waals surface area contributed by atoms with Crippen LogP contribution in [0, 0.1) is 19.8 Å². The van der Waals surface area contributed by atoms with Crippen molar-refractivity contribution in [2.45, 2.75) is 33.6 Å². The van der Waals surface area contributed by atoms with Crippen molar-refractivity contribution in [2.24, 2.45) is 5.92 Å². The SMILES string of the molecule is CCOC(=O)[C@H]1CCC[NH+](CC(=O)Nc2cccc(C)c2C)C1. The normalized spacial score (nSPS) is 20.8. The zero-order valence-electron chi connectivity index (χ0n) is 14.3. The van der Waals surface area contributed by atoms with Gasteiger partial charge in [0, 0.05) is 5.69 Å². The van der Waals surface area contributed by atoms with E-state index in [1.807, 2.05) is 39.0 Å². The maximum Gasteiger partial charge on any atom is 0.314 e. The van der Waals surface area contributed by atoms with Gasteiger partial charge in [0.05, 0.1) is 19.7 Å². The summed E-state index contributed by atoms with van der Waals surface area (Å²) in [5.74, 6) is -0.204. The topological polar surface area (TPSA) is 59.8 Å². The Morgan fingerprint density at radius 1 is 1.35 bits per heavy atom. The van der Waals surface area contributed by atoms with Gasteiger partial charge in [-0.15, -0.1) is 0 Å². The van der Waals surface area contributed by atoms with Crippen LogP contribution in [0.15, 0.2) is 18.2 Å². The molecular formula is C18H27N2O3+. The molecule has 1 heterocycles. The number of quaternary nitrogens is 1. The number of likely N-dealkylation sites (tertiary alicyclic amines) is 1. The van der Waals surface area contributed by atoms with Crippen LogP contribution in [-0.2, 0) is 14.3 Å². The molecular weight excluding hydrogens is 292 g/mol. The number of rotatable bonds is 5. The molecule has 0 saturated carbocycles. The fourth-order valence-corrected chi connectivity index (χ4v) is 3.08. The van der Waals surface area contributed by atoms with Gasteiger partial charge in [0.15, 0.2) is 6.54 Å². The average molecular weight is 319 g/mol. The Bertz CT molecular complexity index is 571. The van der Waals surface area contributed by atoms with Crippen molar-refractivity contribution in [2.75, 3.05) is 31.6 Å². The van der Waals surface area contributed by atoms with Crippen molar-refractivity contribution >= 4 is 17.6 Å². The molecule has 1 fully saturated rings. The standard InChI is InChI=1S/C18H26N2O3/c1-4-23-18(22)15-8-6-10-20(11-15)12-17(21)19-16-9-5-7-13(2)14(16)3/h5,7,9,15H,4,6,8,10-12H2,1-3H3,(H,19,21)/p+1/t15-/m0/s1. The lowest BCUT2D eigenvalue weighted by Gasteiger charge is -2.28. The highest BCUT2D eigenvalue weighted by Crippen LogP contribution is 2.17. The van der Waals surface area contributed by atoms with Crippen molar-refractivity contribution < 1.29 is 19.2 Å². The summed E-state index contributed by atoms with van der Waals surface area (Å²) < 4.78 is 5.11. The maximum atomic E-state index is 12.3. The Balaban J connectivity index is 1.89. The number of hydrogen-bond donors (Lipinski definition) is 2. The van der Waals surface area contributed by atoms with E-state index >= 15 is 0 Å². The molecule has 1 aliphatic heterocycles. The minimum Gasteiger partial charge on any atom is -0.466 e. The summed E-state index contributed by atoms with van der Waals surface area (Å²) in [6, 6.07) is 5.90. The molecule has 1 amide bonds. The van der Waals surface area contributed by atoms with E-state index in [-0.39, 0.29) is 17.8 Å². The number of anilines is 1. The third-order valence-electron chi connectivity index (χ3n) is 4.53. The first-order valence-corrected chi connectivity index (χ1v) is 8.37. The Morgan fingerprint density at radius 2 is 2.13 bits per heavy atom. The minimum atomic E-state index is -0.125. The average Bonchev–Trinajstić information content (AvgIpc) is 2.52. The lowest BCUT2D eigenvalue weighted by atomic mass is 9.98. The fraction of sp³-hybridized carbons (Fsp3) is 0.556. The van der Waals surface area contributed by atoms with Crippen LogP contribution in [0.3, 0.4) is 0 Å². The van der Waals surface area contributed by atoms with Crippen molar-refractivity contribution in [3.05, 3.63) is 29.3 Å². The monoisotopic (exact) mass is 319 g/mol. The molecule has 0 bridgehead atoms. The summed E-state index contributed by atoms with van der Waals surface area (Å²) in [7, 11) is 0. The highest BCUT2D eigenvalue weighted by molar-refractivity contribution is 5.92. The highest BCUT2D eigenvalue weighted by Gasteiger charge is 2.30. The first kappa shape index (κ1) is 17.5. The van der Waals surface area contributed by atoms with Crippen LogP contribution in [0.4, 0.5) is 5.69 Å². The molecule has 0 aromatic heterocycles. The third-order valence-corrected chi connectivity index (χ3v) is 4.53. The van der Waals surface area contributed by atoms with Gasteiger partial charge >= 0.3 is 5.97 Å². The summed E-state index contributed by atoms with van der Waals surface area (Å²) in [6.07, 6.45) is 1.82. The van der Waals surface area contributed by atoms with E-state index in [2.05, 4.69) is 5.32 Å². The van der Waals surface area contributed by atoms with Crippen LogP contribution in [0.2, 0.25) is 0 Å². The number of aryl methyl sites for hydroxylation is 1. The molecule has 2 atom stereocenters. The third kappa shape index (κ3) is 4.79. The van der Waals surface area contributed by atoms with Gasteiger partial charge in [0.2, 0.25) is 0 Å². The molecule has 0 radical (unpaired) electrons. The molecule has 2 rings (SSSR count). The van der Waals surface area contributed by atoms with E-state index in [1.54, 1.807) is 0 Å². The lowest BCUT2D eigenvalue weighted by Crippen LogP contribution is -3.14. The molecule has 1 unspecified atom stereocenters. The van der Waals surface area contributed by atoms with Crippen molar-refractivity contribution in [1.82, 2.24) is 0 Å². The van der Waals surface area contributed by atoms with Crippen LogP contribution < -0.4 is 10.2 Å². The molecule has 23 heavy (non-hydrogen) atoms. The predicted octanol–water partition coefficient (Wildman–Crippen LogP) is 1.10. The van der Waals surface area contributed by atoms with E-state index in [4.69, 9.17) is 4.74 Å². The number of piperidine rings is 1. The van der Waals surface area contributed by atoms with E-state index in [9.17, 15) is 9.59 Å². The molecule has 1 saturated heterocycles. The number of nitrogens with one attached hydrogen (secondary N) is 2. The molecule has 0 aliphatic carbocycles. The zero-order valence-corrected chi connectivity index (χ0v) is 14.3. The van der Waals surface area contributed by atoms with Gasteiger partial charge in [-0.1, -0.05) is 12.1 Å². The molecule has 1 aliphatic rings. The fourth-order valence-electron chi connectivity index (χ4n) is 3.08. The Labute approximate surface area is 138 Å². The summed E-state index contributed by atoms with van der Waals surface area (Å²) >= 11 is 0. The first-order valence-electron chi connectivity index (χ1n) is 8.37. The second-order valence-corrected chi connectivity index (χ2v) is 6.27. The van der Waals surface area contributed by atoms with Crippen LogP contribution in [0.25, 0.3) is 0 Å². The molecule has 2 N–H and O–H groups in total. The van der Waals surface area contributed by atoms with Gasteiger partial charge in [-0.2, -0.15) is 0 Å². The number of carbonyl (C=O) groups excluding carboxylic acids is 2. The number of ether oxygens (including phenoxy) is 1. The van der Waals surface area contributed by atoms with Crippen molar-refractivity contribution in [3.8, 4) is 0 Å². The summed E-state index contributed by atoms with van der Waals surface area (Å²) in [5.41, 5.74) is 3.13. The molecule has 1 aromatic rings. The molecule has 0 spiro atoms. The summed E-state index contributed by atoms with van der Waals surface area (Å²) in [5, 5.41) is 2.99. The van der Waals surface area contributed by atoms with Crippen molar-refractivity contribution in [1.29, 1.82) is 0 Å². The number of carbonyl (C=O) groups is 2. The Morgan fingerprint density at radius 3 is 2.87 bits per heavy atom. The van der Waals surface area contributed by atoms with Gasteiger partial charge < -0.3 is 15.0 Å². The zero-order chi connectivity index (χ0) is 16.8. The smallest absolute Gasteiger partial charge is 0.314 e.